The maximum absolute atomic E-state index is 12.0. The second kappa shape index (κ2) is 6.20. The molecule has 1 aliphatic rings. The van der Waals surface area contributed by atoms with Gasteiger partial charge in [-0.05, 0) is 62.8 Å². The molecule has 2 unspecified atom stereocenters. The maximum Gasteiger partial charge on any atom is 0.237 e. The van der Waals surface area contributed by atoms with E-state index in [2.05, 4.69) is 42.7 Å². The van der Waals surface area contributed by atoms with Gasteiger partial charge in [0.15, 0.2) is 0 Å². The van der Waals surface area contributed by atoms with E-state index in [0.29, 0.717) is 12.5 Å². The van der Waals surface area contributed by atoms with Crippen LogP contribution in [0.1, 0.15) is 42.4 Å². The molecule has 3 nitrogen and oxygen atoms in total. The Kier molecular flexibility index (Phi) is 4.59. The summed E-state index contributed by atoms with van der Waals surface area (Å²) in [6.07, 6.45) is 2.01. The number of carbonyl (C=O) groups is 1. The monoisotopic (exact) mass is 260 g/mol. The molecule has 0 saturated carbocycles. The molecule has 1 saturated heterocycles. The first-order chi connectivity index (χ1) is 9.13. The van der Waals surface area contributed by atoms with Crippen molar-refractivity contribution < 1.29 is 4.79 Å². The Morgan fingerprint density at radius 1 is 1.42 bits per heavy atom. The first-order valence-electron chi connectivity index (χ1n) is 7.20. The molecule has 1 aliphatic heterocycles. The number of nitrogens with one attached hydrogen (secondary N) is 2. The summed E-state index contributed by atoms with van der Waals surface area (Å²) in [4.78, 5) is 12.0. The van der Waals surface area contributed by atoms with Gasteiger partial charge in [-0.1, -0.05) is 18.2 Å². The summed E-state index contributed by atoms with van der Waals surface area (Å²) in [5, 5.41) is 6.24. The summed E-state index contributed by atoms with van der Waals surface area (Å²) in [5.74, 6) is 0.631. The van der Waals surface area contributed by atoms with Crippen LogP contribution in [0.15, 0.2) is 18.2 Å². The van der Waals surface area contributed by atoms with Gasteiger partial charge in [0.1, 0.15) is 0 Å². The fraction of sp³-hybridized carbons (Fsp3) is 0.562. The molecule has 2 atom stereocenters. The molecule has 1 heterocycles. The van der Waals surface area contributed by atoms with E-state index < -0.39 is 0 Å². The van der Waals surface area contributed by atoms with E-state index in [1.54, 1.807) is 0 Å². The number of hydrogen-bond acceptors (Lipinski definition) is 2. The van der Waals surface area contributed by atoms with Crippen LogP contribution >= 0.6 is 0 Å². The van der Waals surface area contributed by atoms with Crippen molar-refractivity contribution in [3.63, 3.8) is 0 Å². The summed E-state index contributed by atoms with van der Waals surface area (Å²) < 4.78 is 0. The van der Waals surface area contributed by atoms with Crippen LogP contribution in [0.4, 0.5) is 0 Å². The van der Waals surface area contributed by atoms with Crippen LogP contribution in [-0.4, -0.2) is 25.0 Å². The van der Waals surface area contributed by atoms with E-state index in [-0.39, 0.29) is 11.9 Å². The Morgan fingerprint density at radius 2 is 2.21 bits per heavy atom. The third-order valence-corrected chi connectivity index (χ3v) is 4.16. The number of hydrogen-bond donors (Lipinski definition) is 2. The molecule has 1 amide bonds. The number of rotatable bonds is 3. The van der Waals surface area contributed by atoms with Crippen LogP contribution in [0.2, 0.25) is 0 Å². The Balaban J connectivity index is 2.13. The molecule has 1 aromatic carbocycles. The van der Waals surface area contributed by atoms with E-state index in [1.807, 2.05) is 6.92 Å². The summed E-state index contributed by atoms with van der Waals surface area (Å²) in [6.45, 7) is 7.92. The number of aryl methyl sites for hydroxylation is 1. The smallest absolute Gasteiger partial charge is 0.237 e. The zero-order valence-corrected chi connectivity index (χ0v) is 12.1. The highest BCUT2D eigenvalue weighted by Crippen LogP contribution is 2.31. The topological polar surface area (TPSA) is 41.1 Å². The van der Waals surface area contributed by atoms with Gasteiger partial charge in [0.25, 0.3) is 0 Å². The van der Waals surface area contributed by atoms with Crippen LogP contribution in [-0.2, 0) is 4.79 Å². The zero-order chi connectivity index (χ0) is 13.8. The zero-order valence-electron chi connectivity index (χ0n) is 12.1. The molecule has 0 bridgehead atoms. The first kappa shape index (κ1) is 14.1. The standard InChI is InChI=1S/C16H24N2O/c1-4-17-16(19)15-10-13(8-9-18-15)14-7-5-6-11(2)12(14)3/h5-7,13,15,18H,4,8-10H2,1-3H3,(H,17,19). The predicted octanol–water partition coefficient (Wildman–Crippen LogP) is 2.28. The minimum absolute atomic E-state index is 0.0430. The molecule has 0 spiro atoms. The molecule has 0 radical (unpaired) electrons. The fourth-order valence-electron chi connectivity index (χ4n) is 2.91. The molecule has 19 heavy (non-hydrogen) atoms. The number of benzene rings is 1. The van der Waals surface area contributed by atoms with Gasteiger partial charge < -0.3 is 10.6 Å². The minimum Gasteiger partial charge on any atom is -0.355 e. The van der Waals surface area contributed by atoms with Crippen LogP contribution in [0, 0.1) is 13.8 Å². The molecule has 0 aliphatic carbocycles. The maximum atomic E-state index is 12.0. The highest BCUT2D eigenvalue weighted by Gasteiger charge is 2.28. The van der Waals surface area contributed by atoms with E-state index in [1.165, 1.54) is 16.7 Å². The van der Waals surface area contributed by atoms with Gasteiger partial charge >= 0.3 is 0 Å². The van der Waals surface area contributed by atoms with Crippen molar-refractivity contribution in [3.05, 3.63) is 34.9 Å². The average molecular weight is 260 g/mol. The van der Waals surface area contributed by atoms with Crippen LogP contribution in [0.5, 0.6) is 0 Å². The molecule has 1 fully saturated rings. The van der Waals surface area contributed by atoms with Gasteiger partial charge in [-0.25, -0.2) is 0 Å². The predicted molar refractivity (Wildman–Crippen MR) is 78.4 cm³/mol. The highest BCUT2D eigenvalue weighted by molar-refractivity contribution is 5.81. The first-order valence-corrected chi connectivity index (χ1v) is 7.20. The number of piperidine rings is 1. The summed E-state index contributed by atoms with van der Waals surface area (Å²) in [6, 6.07) is 6.45. The van der Waals surface area contributed by atoms with E-state index in [4.69, 9.17) is 0 Å². The summed E-state index contributed by atoms with van der Waals surface area (Å²) in [5.41, 5.74) is 4.13. The van der Waals surface area contributed by atoms with Gasteiger partial charge in [0.05, 0.1) is 6.04 Å². The Hall–Kier alpha value is -1.35. The van der Waals surface area contributed by atoms with Crippen LogP contribution < -0.4 is 10.6 Å². The molecule has 0 aromatic heterocycles. The van der Waals surface area contributed by atoms with Crippen molar-refractivity contribution in [2.45, 2.75) is 45.6 Å². The highest BCUT2D eigenvalue weighted by atomic mass is 16.2. The van der Waals surface area contributed by atoms with Crippen molar-refractivity contribution in [2.75, 3.05) is 13.1 Å². The third kappa shape index (κ3) is 3.16. The Bertz CT molecular complexity index is 456. The molecule has 1 aromatic rings. The van der Waals surface area contributed by atoms with E-state index in [0.717, 1.165) is 19.4 Å². The quantitative estimate of drug-likeness (QED) is 0.875. The van der Waals surface area contributed by atoms with Gasteiger partial charge in [0.2, 0.25) is 5.91 Å². The Labute approximate surface area is 115 Å². The van der Waals surface area contributed by atoms with Crippen molar-refractivity contribution >= 4 is 5.91 Å². The lowest BCUT2D eigenvalue weighted by Crippen LogP contribution is -2.48. The summed E-state index contributed by atoms with van der Waals surface area (Å²) >= 11 is 0. The van der Waals surface area contributed by atoms with Crippen molar-refractivity contribution in [1.29, 1.82) is 0 Å². The minimum atomic E-state index is -0.0430. The van der Waals surface area contributed by atoms with Crippen molar-refractivity contribution in [1.82, 2.24) is 10.6 Å². The van der Waals surface area contributed by atoms with Crippen molar-refractivity contribution in [2.24, 2.45) is 0 Å². The number of likely N-dealkylation sites (N-methyl/N-ethyl adjacent to an activating group) is 1. The second-order valence-corrected chi connectivity index (χ2v) is 5.41. The molecule has 2 N–H and O–H groups in total. The second-order valence-electron chi connectivity index (χ2n) is 5.41. The average Bonchev–Trinajstić information content (AvgIpc) is 2.42. The third-order valence-electron chi connectivity index (χ3n) is 4.16. The summed E-state index contributed by atoms with van der Waals surface area (Å²) in [7, 11) is 0. The molecule has 3 heteroatoms. The van der Waals surface area contributed by atoms with Gasteiger partial charge in [-0.15, -0.1) is 0 Å². The lowest BCUT2D eigenvalue weighted by atomic mass is 9.83. The molecular weight excluding hydrogens is 236 g/mol. The fourth-order valence-corrected chi connectivity index (χ4v) is 2.91. The van der Waals surface area contributed by atoms with Gasteiger partial charge in [-0.3, -0.25) is 4.79 Å². The van der Waals surface area contributed by atoms with Crippen LogP contribution in [0.25, 0.3) is 0 Å². The lowest BCUT2D eigenvalue weighted by Gasteiger charge is -2.31. The molecule has 2 rings (SSSR count). The molecular formula is C16H24N2O. The van der Waals surface area contributed by atoms with Crippen LogP contribution in [0.3, 0.4) is 0 Å². The van der Waals surface area contributed by atoms with Crippen molar-refractivity contribution in [3.8, 4) is 0 Å². The molecule has 104 valence electrons. The number of amides is 1. The normalized spacial score (nSPS) is 23.1. The lowest BCUT2D eigenvalue weighted by molar-refractivity contribution is -0.123. The number of carbonyl (C=O) groups excluding carboxylic acids is 1. The van der Waals surface area contributed by atoms with E-state index >= 15 is 0 Å². The SMILES string of the molecule is CCNC(=O)C1CC(c2cccc(C)c2C)CCN1. The Morgan fingerprint density at radius 3 is 2.95 bits per heavy atom. The van der Waals surface area contributed by atoms with Gasteiger partial charge in [-0.2, -0.15) is 0 Å². The largest absolute Gasteiger partial charge is 0.355 e. The van der Waals surface area contributed by atoms with Gasteiger partial charge in [0, 0.05) is 6.54 Å². The van der Waals surface area contributed by atoms with E-state index in [9.17, 15) is 4.79 Å².